The molecule has 3 aromatic rings. The molecule has 0 aliphatic carbocycles. The van der Waals surface area contributed by atoms with E-state index in [0.29, 0.717) is 22.9 Å². The highest BCUT2D eigenvalue weighted by molar-refractivity contribution is 9.10. The number of hydrogen-bond donors (Lipinski definition) is 2. The van der Waals surface area contributed by atoms with E-state index >= 15 is 0 Å². The number of halogens is 1. The second kappa shape index (κ2) is 11.3. The number of benzene rings is 3. The number of rotatable bonds is 9. The molecular weight excluding hydrogens is 472 g/mol. The van der Waals surface area contributed by atoms with Crippen LogP contribution in [-0.4, -0.2) is 25.0 Å². The lowest BCUT2D eigenvalue weighted by molar-refractivity contribution is -0.119. The third-order valence-corrected chi connectivity index (χ3v) is 5.09. The Morgan fingerprint density at radius 2 is 1.31 bits per heavy atom. The first kappa shape index (κ1) is 23.3. The van der Waals surface area contributed by atoms with E-state index in [1.807, 2.05) is 36.4 Å². The number of ether oxygens (including phenoxy) is 2. The van der Waals surface area contributed by atoms with Crippen LogP contribution in [0.5, 0.6) is 11.5 Å². The fourth-order valence-corrected chi connectivity index (χ4v) is 3.25. The minimum absolute atomic E-state index is 0.140. The van der Waals surface area contributed by atoms with Crippen molar-refractivity contribution in [1.29, 1.82) is 0 Å². The molecule has 0 aromatic heterocycles. The third kappa shape index (κ3) is 6.85. The Labute approximate surface area is 196 Å². The molecule has 0 saturated heterocycles. The molecule has 0 aliphatic rings. The summed E-state index contributed by atoms with van der Waals surface area (Å²) in [6, 6.07) is 21.8. The summed E-state index contributed by atoms with van der Waals surface area (Å²) in [6.07, 6.45) is 0. The lowest BCUT2D eigenvalue weighted by Gasteiger charge is -2.15. The SMILES string of the molecule is CC(C)c1ccccc1OCC(=O)Nc1ccccc1NC(=O)COc1ccc(Br)cc1. The highest BCUT2D eigenvalue weighted by Crippen LogP contribution is 2.26. The van der Waals surface area contributed by atoms with Crippen LogP contribution in [0, 0.1) is 0 Å². The number of para-hydroxylation sites is 3. The van der Waals surface area contributed by atoms with Crippen molar-refractivity contribution in [2.24, 2.45) is 0 Å². The lowest BCUT2D eigenvalue weighted by Crippen LogP contribution is -2.24. The first-order valence-corrected chi connectivity index (χ1v) is 11.0. The van der Waals surface area contributed by atoms with Gasteiger partial charge in [-0.1, -0.05) is 60.1 Å². The number of nitrogens with one attached hydrogen (secondary N) is 2. The van der Waals surface area contributed by atoms with Gasteiger partial charge >= 0.3 is 0 Å². The average molecular weight is 497 g/mol. The van der Waals surface area contributed by atoms with E-state index in [2.05, 4.69) is 40.4 Å². The normalized spacial score (nSPS) is 10.5. The van der Waals surface area contributed by atoms with Gasteiger partial charge in [0.25, 0.3) is 11.8 Å². The highest BCUT2D eigenvalue weighted by atomic mass is 79.9. The zero-order valence-electron chi connectivity index (χ0n) is 17.9. The van der Waals surface area contributed by atoms with Gasteiger partial charge in [0.1, 0.15) is 11.5 Å². The summed E-state index contributed by atoms with van der Waals surface area (Å²) < 4.78 is 12.1. The number of amides is 2. The Morgan fingerprint density at radius 3 is 1.91 bits per heavy atom. The van der Waals surface area contributed by atoms with Crippen LogP contribution in [0.3, 0.4) is 0 Å². The molecule has 2 amide bonds. The van der Waals surface area contributed by atoms with E-state index in [1.165, 1.54) is 0 Å². The van der Waals surface area contributed by atoms with Crippen molar-refractivity contribution in [2.75, 3.05) is 23.8 Å². The van der Waals surface area contributed by atoms with Crippen LogP contribution in [0.1, 0.15) is 25.3 Å². The van der Waals surface area contributed by atoms with E-state index in [9.17, 15) is 9.59 Å². The number of carbonyl (C=O) groups excluding carboxylic acids is 2. The topological polar surface area (TPSA) is 76.7 Å². The predicted octanol–water partition coefficient (Wildman–Crippen LogP) is 5.61. The lowest BCUT2D eigenvalue weighted by atomic mass is 10.0. The third-order valence-electron chi connectivity index (χ3n) is 4.56. The second-order valence-corrected chi connectivity index (χ2v) is 8.28. The number of anilines is 2. The summed E-state index contributed by atoms with van der Waals surface area (Å²) >= 11 is 3.35. The molecule has 0 unspecified atom stereocenters. The summed E-state index contributed by atoms with van der Waals surface area (Å²) in [5.74, 6) is 0.894. The Hall–Kier alpha value is -3.32. The Morgan fingerprint density at radius 1 is 0.781 bits per heavy atom. The zero-order valence-corrected chi connectivity index (χ0v) is 19.5. The maximum atomic E-state index is 12.5. The van der Waals surface area contributed by atoms with Crippen molar-refractivity contribution in [1.82, 2.24) is 0 Å². The largest absolute Gasteiger partial charge is 0.484 e. The zero-order chi connectivity index (χ0) is 22.9. The van der Waals surface area contributed by atoms with Gasteiger partial charge in [-0.15, -0.1) is 0 Å². The van der Waals surface area contributed by atoms with E-state index in [0.717, 1.165) is 10.0 Å². The summed E-state index contributed by atoms with van der Waals surface area (Å²) in [7, 11) is 0. The molecule has 6 nitrogen and oxygen atoms in total. The molecule has 0 heterocycles. The maximum absolute atomic E-state index is 12.5. The summed E-state index contributed by atoms with van der Waals surface area (Å²) in [6.45, 7) is 3.85. The monoisotopic (exact) mass is 496 g/mol. The molecule has 2 N–H and O–H groups in total. The number of carbonyl (C=O) groups is 2. The Kier molecular flexibility index (Phi) is 8.27. The van der Waals surface area contributed by atoms with E-state index in [4.69, 9.17) is 9.47 Å². The molecule has 3 rings (SSSR count). The van der Waals surface area contributed by atoms with E-state index < -0.39 is 0 Å². The quantitative estimate of drug-likeness (QED) is 0.403. The predicted molar refractivity (Wildman–Crippen MR) is 129 cm³/mol. The number of hydrogen-bond acceptors (Lipinski definition) is 4. The first-order valence-electron chi connectivity index (χ1n) is 10.2. The van der Waals surface area contributed by atoms with Crippen molar-refractivity contribution in [2.45, 2.75) is 19.8 Å². The van der Waals surface area contributed by atoms with Gasteiger partial charge in [0.15, 0.2) is 13.2 Å². The molecule has 0 spiro atoms. The van der Waals surface area contributed by atoms with Gasteiger partial charge in [-0.3, -0.25) is 9.59 Å². The van der Waals surface area contributed by atoms with Crippen LogP contribution < -0.4 is 20.1 Å². The Balaban J connectivity index is 1.56. The van der Waals surface area contributed by atoms with Crippen LogP contribution in [0.4, 0.5) is 11.4 Å². The van der Waals surface area contributed by atoms with Crippen molar-refractivity contribution >= 4 is 39.1 Å². The summed E-state index contributed by atoms with van der Waals surface area (Å²) in [5, 5.41) is 5.56. The van der Waals surface area contributed by atoms with Crippen LogP contribution in [-0.2, 0) is 9.59 Å². The van der Waals surface area contributed by atoms with Crippen molar-refractivity contribution in [3.8, 4) is 11.5 Å². The molecule has 3 aromatic carbocycles. The molecule has 0 saturated carbocycles. The molecule has 0 atom stereocenters. The van der Waals surface area contributed by atoms with Gasteiger partial charge in [0, 0.05) is 4.47 Å². The van der Waals surface area contributed by atoms with Crippen molar-refractivity contribution in [3.63, 3.8) is 0 Å². The fourth-order valence-electron chi connectivity index (χ4n) is 2.99. The summed E-state index contributed by atoms with van der Waals surface area (Å²) in [4.78, 5) is 24.8. The summed E-state index contributed by atoms with van der Waals surface area (Å²) in [5.41, 5.74) is 2.00. The molecule has 0 aliphatic heterocycles. The fraction of sp³-hybridized carbons (Fsp3) is 0.200. The van der Waals surface area contributed by atoms with Gasteiger partial charge in [-0.25, -0.2) is 0 Å². The smallest absolute Gasteiger partial charge is 0.262 e. The molecule has 0 radical (unpaired) electrons. The standard InChI is InChI=1S/C25H25BrN2O4/c1-17(2)20-7-3-6-10-23(20)32-16-25(30)28-22-9-5-4-8-21(22)27-24(29)15-31-19-13-11-18(26)12-14-19/h3-14,17H,15-16H2,1-2H3,(H,27,29)(H,28,30). The van der Waals surface area contributed by atoms with Crippen LogP contribution in [0.25, 0.3) is 0 Å². The molecular formula is C25H25BrN2O4. The molecule has 166 valence electrons. The van der Waals surface area contributed by atoms with Gasteiger partial charge in [-0.05, 0) is 53.9 Å². The molecule has 0 bridgehead atoms. The van der Waals surface area contributed by atoms with E-state index in [-0.39, 0.29) is 30.9 Å². The first-order chi connectivity index (χ1) is 15.4. The van der Waals surface area contributed by atoms with Crippen molar-refractivity contribution in [3.05, 3.63) is 82.8 Å². The van der Waals surface area contributed by atoms with Gasteiger partial charge in [0.05, 0.1) is 11.4 Å². The maximum Gasteiger partial charge on any atom is 0.262 e. The van der Waals surface area contributed by atoms with Crippen LogP contribution >= 0.6 is 15.9 Å². The van der Waals surface area contributed by atoms with Gasteiger partial charge in [0.2, 0.25) is 0 Å². The molecule has 7 heteroatoms. The minimum Gasteiger partial charge on any atom is -0.484 e. The van der Waals surface area contributed by atoms with Gasteiger partial charge < -0.3 is 20.1 Å². The van der Waals surface area contributed by atoms with Crippen LogP contribution in [0.15, 0.2) is 77.3 Å². The van der Waals surface area contributed by atoms with E-state index in [1.54, 1.807) is 36.4 Å². The second-order valence-electron chi connectivity index (χ2n) is 7.37. The minimum atomic E-state index is -0.336. The molecule has 32 heavy (non-hydrogen) atoms. The Bertz CT molecular complexity index is 1070. The van der Waals surface area contributed by atoms with Crippen molar-refractivity contribution < 1.29 is 19.1 Å². The van der Waals surface area contributed by atoms with Gasteiger partial charge in [-0.2, -0.15) is 0 Å². The average Bonchev–Trinajstić information content (AvgIpc) is 2.79. The highest BCUT2D eigenvalue weighted by Gasteiger charge is 2.12. The molecule has 0 fully saturated rings. The van der Waals surface area contributed by atoms with Crippen LogP contribution in [0.2, 0.25) is 0 Å².